The highest BCUT2D eigenvalue weighted by atomic mass is 32.2. The van der Waals surface area contributed by atoms with Crippen LogP contribution in [-0.4, -0.2) is 27.7 Å². The molecule has 2 rings (SSSR count). The SMILES string of the molecule is CCC(C)(C)C1CCC(NC)C(Sc2ncns2)C1. The van der Waals surface area contributed by atoms with Crippen LogP contribution in [0.1, 0.15) is 46.5 Å². The van der Waals surface area contributed by atoms with E-state index in [0.717, 1.165) is 10.3 Å². The van der Waals surface area contributed by atoms with Gasteiger partial charge in [-0.3, -0.25) is 0 Å². The van der Waals surface area contributed by atoms with Crippen molar-refractivity contribution in [3.05, 3.63) is 6.33 Å². The lowest BCUT2D eigenvalue weighted by Gasteiger charge is -2.42. The minimum absolute atomic E-state index is 0.457. The van der Waals surface area contributed by atoms with Crippen LogP contribution in [0, 0.1) is 11.3 Å². The zero-order valence-corrected chi connectivity index (χ0v) is 14.0. The average Bonchev–Trinajstić information content (AvgIpc) is 2.91. The number of nitrogens with one attached hydrogen (secondary N) is 1. The predicted molar refractivity (Wildman–Crippen MR) is 83.8 cm³/mol. The third-order valence-corrected chi connectivity index (χ3v) is 6.88. The molecule has 3 atom stereocenters. The molecule has 19 heavy (non-hydrogen) atoms. The van der Waals surface area contributed by atoms with Crippen molar-refractivity contribution < 1.29 is 0 Å². The van der Waals surface area contributed by atoms with Gasteiger partial charge in [-0.25, -0.2) is 4.98 Å². The van der Waals surface area contributed by atoms with E-state index in [1.807, 2.05) is 11.8 Å². The zero-order valence-electron chi connectivity index (χ0n) is 12.3. The first-order valence-electron chi connectivity index (χ1n) is 7.17. The predicted octanol–water partition coefficient (Wildman–Crippen LogP) is 3.82. The molecular formula is C14H25N3S2. The minimum atomic E-state index is 0.457. The number of hydrogen-bond acceptors (Lipinski definition) is 5. The summed E-state index contributed by atoms with van der Waals surface area (Å²) < 4.78 is 5.22. The van der Waals surface area contributed by atoms with Gasteiger partial charge in [0.2, 0.25) is 0 Å². The molecule has 0 bridgehead atoms. The Bertz CT molecular complexity index is 378. The monoisotopic (exact) mass is 299 g/mol. The molecule has 1 aliphatic rings. The fourth-order valence-corrected chi connectivity index (χ4v) is 5.02. The van der Waals surface area contributed by atoms with Gasteiger partial charge in [0, 0.05) is 11.3 Å². The van der Waals surface area contributed by atoms with E-state index in [9.17, 15) is 0 Å². The van der Waals surface area contributed by atoms with Crippen molar-refractivity contribution in [2.75, 3.05) is 7.05 Å². The lowest BCUT2D eigenvalue weighted by atomic mass is 9.68. The van der Waals surface area contributed by atoms with E-state index in [0.29, 0.717) is 16.7 Å². The summed E-state index contributed by atoms with van der Waals surface area (Å²) in [5, 5.41) is 4.12. The normalized spacial score (nSPS) is 28.5. The van der Waals surface area contributed by atoms with Crippen LogP contribution in [0.15, 0.2) is 10.7 Å². The van der Waals surface area contributed by atoms with Gasteiger partial charge in [0.05, 0.1) is 0 Å². The molecule has 0 amide bonds. The zero-order chi connectivity index (χ0) is 13.9. The second kappa shape index (κ2) is 6.55. The molecular weight excluding hydrogens is 274 g/mol. The van der Waals surface area contributed by atoms with E-state index < -0.39 is 0 Å². The van der Waals surface area contributed by atoms with Gasteiger partial charge in [0.25, 0.3) is 0 Å². The summed E-state index contributed by atoms with van der Waals surface area (Å²) in [5.74, 6) is 0.826. The Labute approximate surface area is 125 Å². The quantitative estimate of drug-likeness (QED) is 0.897. The van der Waals surface area contributed by atoms with Crippen molar-refractivity contribution in [2.45, 2.75) is 62.1 Å². The summed E-state index contributed by atoms with van der Waals surface area (Å²) in [5.41, 5.74) is 0.457. The number of hydrogen-bond donors (Lipinski definition) is 1. The molecule has 1 heterocycles. The smallest absolute Gasteiger partial charge is 0.170 e. The Hall–Kier alpha value is -0.130. The van der Waals surface area contributed by atoms with Crippen LogP contribution in [0.5, 0.6) is 0 Å². The van der Waals surface area contributed by atoms with E-state index in [2.05, 4.69) is 42.5 Å². The van der Waals surface area contributed by atoms with Crippen LogP contribution < -0.4 is 5.32 Å². The number of aromatic nitrogens is 2. The van der Waals surface area contributed by atoms with Gasteiger partial charge in [-0.2, -0.15) is 4.37 Å². The fourth-order valence-electron chi connectivity index (χ4n) is 2.93. The Morgan fingerprint density at radius 1 is 1.47 bits per heavy atom. The van der Waals surface area contributed by atoms with Crippen LogP contribution in [0.3, 0.4) is 0 Å². The average molecular weight is 300 g/mol. The summed E-state index contributed by atoms with van der Waals surface area (Å²) in [6.07, 6.45) is 6.84. The molecule has 1 saturated carbocycles. The Balaban J connectivity index is 2.04. The lowest BCUT2D eigenvalue weighted by molar-refractivity contribution is 0.142. The minimum Gasteiger partial charge on any atom is -0.316 e. The molecule has 3 unspecified atom stereocenters. The molecule has 0 spiro atoms. The van der Waals surface area contributed by atoms with E-state index in [-0.39, 0.29) is 0 Å². The van der Waals surface area contributed by atoms with Crippen molar-refractivity contribution in [1.29, 1.82) is 0 Å². The second-order valence-electron chi connectivity index (χ2n) is 6.11. The van der Waals surface area contributed by atoms with E-state index >= 15 is 0 Å². The molecule has 0 aromatic carbocycles. The van der Waals surface area contributed by atoms with Crippen LogP contribution in [0.25, 0.3) is 0 Å². The fraction of sp³-hybridized carbons (Fsp3) is 0.857. The van der Waals surface area contributed by atoms with Gasteiger partial charge in [-0.15, -0.1) is 0 Å². The first-order valence-corrected chi connectivity index (χ1v) is 8.82. The summed E-state index contributed by atoms with van der Waals surface area (Å²) in [6.45, 7) is 7.16. The first kappa shape index (κ1) is 15.3. The number of thioether (sulfide) groups is 1. The number of rotatable bonds is 5. The molecule has 1 aromatic heterocycles. The molecule has 1 N–H and O–H groups in total. The molecule has 3 nitrogen and oxygen atoms in total. The maximum absolute atomic E-state index is 4.33. The van der Waals surface area contributed by atoms with Crippen molar-refractivity contribution in [3.8, 4) is 0 Å². The third-order valence-electron chi connectivity index (χ3n) is 4.77. The molecule has 0 radical (unpaired) electrons. The molecule has 1 aromatic rings. The largest absolute Gasteiger partial charge is 0.316 e. The van der Waals surface area contributed by atoms with Crippen LogP contribution in [0.2, 0.25) is 0 Å². The van der Waals surface area contributed by atoms with Crippen molar-refractivity contribution in [2.24, 2.45) is 11.3 Å². The molecule has 1 fully saturated rings. The van der Waals surface area contributed by atoms with Gasteiger partial charge >= 0.3 is 0 Å². The molecule has 108 valence electrons. The van der Waals surface area contributed by atoms with Gasteiger partial charge in [0.15, 0.2) is 4.34 Å². The Morgan fingerprint density at radius 2 is 2.26 bits per heavy atom. The molecule has 0 saturated heterocycles. The Kier molecular flexibility index (Phi) is 5.26. The standard InChI is InChI=1S/C14H25N3S2/c1-5-14(2,3)10-6-7-11(15-4)12(8-10)18-13-16-9-17-19-13/h9-12,15H,5-8H2,1-4H3. The summed E-state index contributed by atoms with van der Waals surface area (Å²) in [6, 6.07) is 0.609. The van der Waals surface area contributed by atoms with Gasteiger partial charge in [0.1, 0.15) is 6.33 Å². The van der Waals surface area contributed by atoms with Crippen LogP contribution >= 0.6 is 23.3 Å². The first-order chi connectivity index (χ1) is 9.06. The van der Waals surface area contributed by atoms with Crippen molar-refractivity contribution in [1.82, 2.24) is 14.7 Å². The highest BCUT2D eigenvalue weighted by Crippen LogP contribution is 2.44. The van der Waals surface area contributed by atoms with Crippen molar-refractivity contribution in [3.63, 3.8) is 0 Å². The topological polar surface area (TPSA) is 37.8 Å². The Morgan fingerprint density at radius 3 is 2.84 bits per heavy atom. The molecule has 1 aliphatic carbocycles. The van der Waals surface area contributed by atoms with Gasteiger partial charge < -0.3 is 5.32 Å². The second-order valence-corrected chi connectivity index (χ2v) is 8.38. The maximum Gasteiger partial charge on any atom is 0.170 e. The van der Waals surface area contributed by atoms with Gasteiger partial charge in [-0.1, -0.05) is 39.0 Å². The van der Waals surface area contributed by atoms with Gasteiger partial charge in [-0.05, 0) is 49.2 Å². The lowest BCUT2D eigenvalue weighted by Crippen LogP contribution is -2.43. The van der Waals surface area contributed by atoms with Crippen LogP contribution in [-0.2, 0) is 0 Å². The van der Waals surface area contributed by atoms with Crippen molar-refractivity contribution >= 4 is 23.3 Å². The molecule has 0 aliphatic heterocycles. The maximum atomic E-state index is 4.33. The molecule has 5 heteroatoms. The summed E-state index contributed by atoms with van der Waals surface area (Å²) in [4.78, 5) is 4.33. The highest BCUT2D eigenvalue weighted by Gasteiger charge is 2.37. The van der Waals surface area contributed by atoms with E-state index in [1.54, 1.807) is 6.33 Å². The van der Waals surface area contributed by atoms with E-state index in [1.165, 1.54) is 37.2 Å². The number of nitrogens with zero attached hydrogens (tertiary/aromatic N) is 2. The third kappa shape index (κ3) is 3.70. The summed E-state index contributed by atoms with van der Waals surface area (Å²) in [7, 11) is 2.09. The van der Waals surface area contributed by atoms with E-state index in [4.69, 9.17) is 0 Å². The van der Waals surface area contributed by atoms with Crippen LogP contribution in [0.4, 0.5) is 0 Å². The summed E-state index contributed by atoms with van der Waals surface area (Å²) >= 11 is 3.43. The highest BCUT2D eigenvalue weighted by molar-refractivity contribution is 8.01.